The molecule has 1 aliphatic rings. The normalized spacial score (nSPS) is 23.5. The summed E-state index contributed by atoms with van der Waals surface area (Å²) in [7, 11) is 0. The molecule has 0 aromatic heterocycles. The van der Waals surface area contributed by atoms with Gasteiger partial charge in [-0.1, -0.05) is 22.9 Å². The smallest absolute Gasteiger partial charge is 0.259 e. The van der Waals surface area contributed by atoms with Crippen LogP contribution in [-0.2, 0) is 0 Å². The van der Waals surface area contributed by atoms with Gasteiger partial charge in [-0.25, -0.2) is 8.78 Å². The molecule has 6 heteroatoms. The molecule has 0 bridgehead atoms. The molecule has 1 fully saturated rings. The number of alkyl halides is 1. The van der Waals surface area contributed by atoms with Crippen molar-refractivity contribution in [1.29, 1.82) is 0 Å². The zero-order chi connectivity index (χ0) is 14.2. The third kappa shape index (κ3) is 3.08. The predicted octanol–water partition coefficient (Wildman–Crippen LogP) is 3.82. The lowest BCUT2D eigenvalue weighted by atomic mass is 9.98. The number of rotatable bonds is 1. The van der Waals surface area contributed by atoms with Crippen molar-refractivity contribution in [1.82, 2.24) is 4.90 Å². The first-order valence-electron chi connectivity index (χ1n) is 5.98. The van der Waals surface area contributed by atoms with Crippen LogP contribution in [0.1, 0.15) is 23.7 Å². The Labute approximate surface area is 123 Å². The van der Waals surface area contributed by atoms with Crippen LogP contribution in [0.25, 0.3) is 0 Å². The first-order chi connectivity index (χ1) is 8.90. The Balaban J connectivity index is 2.25. The van der Waals surface area contributed by atoms with E-state index in [0.29, 0.717) is 19.0 Å². The predicted molar refractivity (Wildman–Crippen MR) is 73.4 cm³/mol. The van der Waals surface area contributed by atoms with Crippen molar-refractivity contribution in [3.8, 4) is 0 Å². The van der Waals surface area contributed by atoms with Crippen LogP contribution >= 0.6 is 27.5 Å². The van der Waals surface area contributed by atoms with Gasteiger partial charge in [0.2, 0.25) is 0 Å². The summed E-state index contributed by atoms with van der Waals surface area (Å²) in [4.78, 5) is 13.6. The maximum absolute atomic E-state index is 13.7. The van der Waals surface area contributed by atoms with Crippen LogP contribution in [0.5, 0.6) is 0 Å². The maximum Gasteiger partial charge on any atom is 0.259 e. The zero-order valence-electron chi connectivity index (χ0n) is 10.3. The first kappa shape index (κ1) is 14.7. The van der Waals surface area contributed by atoms with Crippen molar-refractivity contribution in [3.63, 3.8) is 0 Å². The topological polar surface area (TPSA) is 20.3 Å². The number of hydrogen-bond acceptors (Lipinski definition) is 1. The highest BCUT2D eigenvalue weighted by Crippen LogP contribution is 2.26. The van der Waals surface area contributed by atoms with Gasteiger partial charge in [-0.2, -0.15) is 0 Å². The third-order valence-electron chi connectivity index (χ3n) is 3.37. The summed E-state index contributed by atoms with van der Waals surface area (Å²) >= 11 is 9.09. The Kier molecular flexibility index (Phi) is 4.46. The van der Waals surface area contributed by atoms with Gasteiger partial charge in [0.05, 0.1) is 5.38 Å². The molecule has 1 amide bonds. The molecular weight excluding hydrogens is 340 g/mol. The molecule has 2 rings (SSSR count). The molecule has 0 radical (unpaired) electrons. The summed E-state index contributed by atoms with van der Waals surface area (Å²) in [5.41, 5.74) is -0.512. The SMILES string of the molecule is CC1CCN(C(=O)c2c(F)cc(Br)cc2F)CC1Cl. The monoisotopic (exact) mass is 351 g/mol. The molecule has 1 aliphatic heterocycles. The molecule has 1 aromatic carbocycles. The molecule has 2 unspecified atom stereocenters. The van der Waals surface area contributed by atoms with Crippen LogP contribution < -0.4 is 0 Å². The number of likely N-dealkylation sites (tertiary alicyclic amines) is 1. The first-order valence-corrected chi connectivity index (χ1v) is 7.21. The van der Waals surface area contributed by atoms with E-state index in [1.807, 2.05) is 6.92 Å². The second kappa shape index (κ2) is 5.75. The van der Waals surface area contributed by atoms with E-state index in [0.717, 1.165) is 18.6 Å². The van der Waals surface area contributed by atoms with Gasteiger partial charge in [-0.3, -0.25) is 4.79 Å². The van der Waals surface area contributed by atoms with Gasteiger partial charge in [-0.05, 0) is 24.5 Å². The minimum absolute atomic E-state index is 0.181. The Morgan fingerprint density at radius 3 is 2.53 bits per heavy atom. The van der Waals surface area contributed by atoms with Crippen molar-refractivity contribution in [3.05, 3.63) is 33.8 Å². The summed E-state index contributed by atoms with van der Waals surface area (Å²) in [6.07, 6.45) is 0.736. The zero-order valence-corrected chi connectivity index (χ0v) is 12.6. The van der Waals surface area contributed by atoms with Crippen molar-refractivity contribution in [2.75, 3.05) is 13.1 Å². The lowest BCUT2D eigenvalue weighted by Gasteiger charge is -2.34. The Bertz CT molecular complexity index is 488. The van der Waals surface area contributed by atoms with Gasteiger partial charge >= 0.3 is 0 Å². The van der Waals surface area contributed by atoms with Gasteiger partial charge in [0, 0.05) is 17.6 Å². The van der Waals surface area contributed by atoms with Gasteiger partial charge in [0.15, 0.2) is 0 Å². The Morgan fingerprint density at radius 1 is 1.42 bits per heavy atom. The second-order valence-corrected chi connectivity index (χ2v) is 6.25. The van der Waals surface area contributed by atoms with E-state index in [4.69, 9.17) is 11.6 Å². The van der Waals surface area contributed by atoms with E-state index < -0.39 is 23.1 Å². The highest BCUT2D eigenvalue weighted by molar-refractivity contribution is 9.10. The molecule has 1 saturated heterocycles. The average molecular weight is 353 g/mol. The summed E-state index contributed by atoms with van der Waals surface area (Å²) < 4.78 is 27.7. The number of benzene rings is 1. The fourth-order valence-electron chi connectivity index (χ4n) is 2.11. The van der Waals surface area contributed by atoms with Crippen LogP contribution in [0, 0.1) is 17.6 Å². The van der Waals surface area contributed by atoms with Gasteiger partial charge in [0.1, 0.15) is 17.2 Å². The quantitative estimate of drug-likeness (QED) is 0.704. The maximum atomic E-state index is 13.7. The van der Waals surface area contributed by atoms with Gasteiger partial charge in [0.25, 0.3) is 5.91 Å². The summed E-state index contributed by atoms with van der Waals surface area (Å²) in [5.74, 6) is -2.06. The third-order valence-corrected chi connectivity index (χ3v) is 4.40. The number of carbonyl (C=O) groups is 1. The van der Waals surface area contributed by atoms with Crippen molar-refractivity contribution >= 4 is 33.4 Å². The van der Waals surface area contributed by atoms with E-state index in [2.05, 4.69) is 15.9 Å². The molecule has 0 aliphatic carbocycles. The number of carbonyl (C=O) groups excluding carboxylic acids is 1. The minimum Gasteiger partial charge on any atom is -0.337 e. The average Bonchev–Trinajstić information content (AvgIpc) is 2.31. The van der Waals surface area contributed by atoms with Crippen LogP contribution in [0.2, 0.25) is 0 Å². The molecular formula is C13H13BrClF2NO. The van der Waals surface area contributed by atoms with E-state index >= 15 is 0 Å². The van der Waals surface area contributed by atoms with Crippen LogP contribution in [-0.4, -0.2) is 29.3 Å². The van der Waals surface area contributed by atoms with Crippen molar-refractivity contribution in [2.45, 2.75) is 18.7 Å². The van der Waals surface area contributed by atoms with E-state index in [1.54, 1.807) is 0 Å². The highest BCUT2D eigenvalue weighted by atomic mass is 79.9. The molecule has 1 heterocycles. The van der Waals surface area contributed by atoms with Gasteiger partial charge in [-0.15, -0.1) is 11.6 Å². The fraction of sp³-hybridized carbons (Fsp3) is 0.462. The molecule has 2 atom stereocenters. The standard InChI is InChI=1S/C13H13BrClF2NO/c1-7-2-3-18(6-9(7)15)13(19)12-10(16)4-8(14)5-11(12)17/h4-5,7,9H,2-3,6H2,1H3. The van der Waals surface area contributed by atoms with Crippen molar-refractivity contribution < 1.29 is 13.6 Å². The van der Waals surface area contributed by atoms with Crippen LogP contribution in [0.3, 0.4) is 0 Å². The number of hydrogen-bond donors (Lipinski definition) is 0. The lowest BCUT2D eigenvalue weighted by molar-refractivity contribution is 0.0691. The van der Waals surface area contributed by atoms with Gasteiger partial charge < -0.3 is 4.90 Å². The summed E-state index contributed by atoms with van der Waals surface area (Å²) in [6, 6.07) is 2.17. The number of piperidine rings is 1. The lowest BCUT2D eigenvalue weighted by Crippen LogP contribution is -2.44. The second-order valence-electron chi connectivity index (χ2n) is 4.78. The number of halogens is 4. The fourth-order valence-corrected chi connectivity index (χ4v) is 2.81. The van der Waals surface area contributed by atoms with Crippen LogP contribution in [0.15, 0.2) is 16.6 Å². The molecule has 2 nitrogen and oxygen atoms in total. The number of nitrogens with zero attached hydrogens (tertiary/aromatic N) is 1. The Hall–Kier alpha value is -0.680. The number of amides is 1. The highest BCUT2D eigenvalue weighted by Gasteiger charge is 2.30. The van der Waals surface area contributed by atoms with E-state index in [-0.39, 0.29) is 9.85 Å². The molecule has 0 saturated carbocycles. The summed E-state index contributed by atoms with van der Waals surface area (Å²) in [6.45, 7) is 2.79. The molecule has 0 spiro atoms. The molecule has 19 heavy (non-hydrogen) atoms. The van der Waals surface area contributed by atoms with Crippen LogP contribution in [0.4, 0.5) is 8.78 Å². The largest absolute Gasteiger partial charge is 0.337 e. The van der Waals surface area contributed by atoms with Crippen molar-refractivity contribution in [2.24, 2.45) is 5.92 Å². The van der Waals surface area contributed by atoms with E-state index in [9.17, 15) is 13.6 Å². The molecule has 104 valence electrons. The summed E-state index contributed by atoms with van der Waals surface area (Å²) in [5, 5.41) is -0.181. The Morgan fingerprint density at radius 2 is 2.00 bits per heavy atom. The van der Waals surface area contributed by atoms with E-state index in [1.165, 1.54) is 4.90 Å². The minimum atomic E-state index is -0.860. The molecule has 1 aromatic rings. The molecule has 0 N–H and O–H groups in total.